The van der Waals surface area contributed by atoms with E-state index in [4.69, 9.17) is 5.73 Å². The molecule has 0 aliphatic rings. The Labute approximate surface area is 61.8 Å². The second-order valence-corrected chi connectivity index (χ2v) is 2.44. The normalized spacial score (nSPS) is 9.30. The number of methoxy groups -OCH3 is 1. The molecule has 54 valence electrons. The molecule has 1 rings (SSSR count). The van der Waals surface area contributed by atoms with Crippen LogP contribution in [0.4, 0.5) is 5.00 Å². The van der Waals surface area contributed by atoms with Crippen molar-refractivity contribution in [3.05, 3.63) is 11.8 Å². The van der Waals surface area contributed by atoms with Crippen LogP contribution in [0.15, 0.2) is 6.07 Å². The molecule has 4 nitrogen and oxygen atoms in total. The lowest BCUT2D eigenvalue weighted by molar-refractivity contribution is 0.0595. The number of carbonyl (C=O) groups excluding carboxylic acids is 1. The van der Waals surface area contributed by atoms with Gasteiger partial charge < -0.3 is 10.5 Å². The van der Waals surface area contributed by atoms with Crippen molar-refractivity contribution in [3.63, 3.8) is 0 Å². The maximum atomic E-state index is 10.7. The largest absolute Gasteiger partial charge is 0.464 e. The molecule has 0 amide bonds. The Morgan fingerprint density at radius 3 is 3.00 bits per heavy atom. The van der Waals surface area contributed by atoms with Gasteiger partial charge in [-0.15, -0.1) is 0 Å². The van der Waals surface area contributed by atoms with E-state index in [2.05, 4.69) is 9.11 Å². The predicted molar refractivity (Wildman–Crippen MR) is 37.9 cm³/mol. The first kappa shape index (κ1) is 7.01. The highest BCUT2D eigenvalue weighted by atomic mass is 32.1. The van der Waals surface area contributed by atoms with Gasteiger partial charge in [-0.25, -0.2) is 4.79 Å². The average Bonchev–Trinajstić information content (AvgIpc) is 2.34. The summed E-state index contributed by atoms with van der Waals surface area (Å²) in [5, 5.41) is 0.514. The van der Waals surface area contributed by atoms with Crippen molar-refractivity contribution in [3.8, 4) is 0 Å². The maximum absolute atomic E-state index is 10.7. The van der Waals surface area contributed by atoms with Crippen molar-refractivity contribution in [1.82, 2.24) is 4.37 Å². The molecule has 0 unspecified atom stereocenters. The first-order valence-corrected chi connectivity index (χ1v) is 3.32. The first-order chi connectivity index (χ1) is 4.74. The summed E-state index contributed by atoms with van der Waals surface area (Å²) in [4.78, 5) is 10.7. The molecule has 0 spiro atoms. The number of esters is 1. The highest BCUT2D eigenvalue weighted by molar-refractivity contribution is 7.10. The highest BCUT2D eigenvalue weighted by Crippen LogP contribution is 2.11. The molecule has 0 aromatic carbocycles. The van der Waals surface area contributed by atoms with Gasteiger partial charge in [-0.05, 0) is 11.5 Å². The van der Waals surface area contributed by atoms with Crippen molar-refractivity contribution >= 4 is 22.5 Å². The van der Waals surface area contributed by atoms with Crippen LogP contribution in [0.2, 0.25) is 0 Å². The summed E-state index contributed by atoms with van der Waals surface area (Å²) in [5.74, 6) is -0.451. The third-order valence-corrected chi connectivity index (χ3v) is 1.54. The van der Waals surface area contributed by atoms with Gasteiger partial charge in [0.25, 0.3) is 0 Å². The highest BCUT2D eigenvalue weighted by Gasteiger charge is 2.08. The van der Waals surface area contributed by atoms with Crippen LogP contribution >= 0.6 is 11.5 Å². The second-order valence-electron chi connectivity index (χ2n) is 1.61. The van der Waals surface area contributed by atoms with Gasteiger partial charge in [0, 0.05) is 6.07 Å². The fraction of sp³-hybridized carbons (Fsp3) is 0.200. The average molecular weight is 158 g/mol. The molecule has 5 heteroatoms. The Kier molecular flexibility index (Phi) is 1.86. The topological polar surface area (TPSA) is 65.2 Å². The Bertz CT molecular complexity index is 246. The molecule has 0 fully saturated rings. The van der Waals surface area contributed by atoms with Gasteiger partial charge in [-0.1, -0.05) is 0 Å². The molecule has 2 N–H and O–H groups in total. The monoisotopic (exact) mass is 158 g/mol. The molecule has 0 atom stereocenters. The Hall–Kier alpha value is -1.10. The van der Waals surface area contributed by atoms with Crippen LogP contribution in [-0.2, 0) is 4.74 Å². The number of ether oxygens (including phenoxy) is 1. The molecule has 1 heterocycles. The minimum Gasteiger partial charge on any atom is -0.464 e. The van der Waals surface area contributed by atoms with E-state index in [1.54, 1.807) is 0 Å². The van der Waals surface area contributed by atoms with Crippen molar-refractivity contribution in [2.45, 2.75) is 0 Å². The van der Waals surface area contributed by atoms with E-state index < -0.39 is 5.97 Å². The summed E-state index contributed by atoms with van der Waals surface area (Å²) in [5.41, 5.74) is 5.59. The van der Waals surface area contributed by atoms with E-state index in [-0.39, 0.29) is 5.69 Å². The summed E-state index contributed by atoms with van der Waals surface area (Å²) < 4.78 is 8.13. The van der Waals surface area contributed by atoms with Crippen molar-refractivity contribution in [1.29, 1.82) is 0 Å². The van der Waals surface area contributed by atoms with Gasteiger partial charge in [0.2, 0.25) is 0 Å². The molecule has 0 radical (unpaired) electrons. The van der Waals surface area contributed by atoms with E-state index in [1.807, 2.05) is 0 Å². The van der Waals surface area contributed by atoms with E-state index in [0.717, 1.165) is 11.5 Å². The van der Waals surface area contributed by atoms with Gasteiger partial charge in [-0.2, -0.15) is 4.37 Å². The van der Waals surface area contributed by atoms with Crippen LogP contribution in [0.1, 0.15) is 10.5 Å². The maximum Gasteiger partial charge on any atom is 0.357 e. The van der Waals surface area contributed by atoms with Crippen molar-refractivity contribution in [2.75, 3.05) is 12.8 Å². The van der Waals surface area contributed by atoms with Crippen LogP contribution in [0, 0.1) is 0 Å². The molecule has 0 aliphatic carbocycles. The fourth-order valence-corrected chi connectivity index (χ4v) is 0.985. The lowest BCUT2D eigenvalue weighted by Crippen LogP contribution is -2.00. The van der Waals surface area contributed by atoms with Crippen molar-refractivity contribution < 1.29 is 9.53 Å². The second kappa shape index (κ2) is 2.66. The lowest BCUT2D eigenvalue weighted by atomic mass is 10.4. The number of carbonyl (C=O) groups is 1. The first-order valence-electron chi connectivity index (χ1n) is 2.54. The number of anilines is 1. The van der Waals surface area contributed by atoms with E-state index in [9.17, 15) is 4.79 Å². The number of nitrogens with two attached hydrogens (primary N) is 1. The zero-order valence-corrected chi connectivity index (χ0v) is 6.14. The molecule has 0 bridgehead atoms. The molecule has 1 aromatic heterocycles. The van der Waals surface area contributed by atoms with Gasteiger partial charge in [0.05, 0.1) is 7.11 Å². The molecule has 0 saturated heterocycles. The van der Waals surface area contributed by atoms with Gasteiger partial charge >= 0.3 is 5.97 Å². The molecule has 0 saturated carbocycles. The number of rotatable bonds is 1. The third kappa shape index (κ3) is 1.24. The lowest BCUT2D eigenvalue weighted by Gasteiger charge is -1.89. The van der Waals surface area contributed by atoms with E-state index in [1.165, 1.54) is 13.2 Å². The fourth-order valence-electron chi connectivity index (χ4n) is 0.490. The Balaban J connectivity index is 2.85. The number of nitrogens with zero attached hydrogens (tertiary/aromatic N) is 1. The number of nitrogen functional groups attached to an aromatic ring is 1. The zero-order chi connectivity index (χ0) is 7.56. The number of hydrogen-bond donors (Lipinski definition) is 1. The van der Waals surface area contributed by atoms with Gasteiger partial charge in [0.1, 0.15) is 5.00 Å². The molecule has 1 aromatic rings. The molecule has 10 heavy (non-hydrogen) atoms. The minimum atomic E-state index is -0.451. The summed E-state index contributed by atoms with van der Waals surface area (Å²) in [6.07, 6.45) is 0. The van der Waals surface area contributed by atoms with Crippen LogP contribution in [0.3, 0.4) is 0 Å². The Morgan fingerprint density at radius 1 is 1.90 bits per heavy atom. The van der Waals surface area contributed by atoms with Crippen LogP contribution in [0.25, 0.3) is 0 Å². The standard InChI is InChI=1S/C5H6N2O2S/c1-9-5(8)3-2-4(6)10-7-3/h2H,6H2,1H3. The summed E-state index contributed by atoms with van der Waals surface area (Å²) in [6.45, 7) is 0. The molecule has 0 aliphatic heterocycles. The third-order valence-electron chi connectivity index (χ3n) is 0.923. The SMILES string of the molecule is COC(=O)c1cc(N)sn1. The summed E-state index contributed by atoms with van der Waals surface area (Å²) in [6, 6.07) is 1.48. The zero-order valence-electron chi connectivity index (χ0n) is 5.33. The number of aromatic nitrogens is 1. The van der Waals surface area contributed by atoms with Crippen LogP contribution < -0.4 is 5.73 Å². The van der Waals surface area contributed by atoms with Crippen LogP contribution in [0.5, 0.6) is 0 Å². The quantitative estimate of drug-likeness (QED) is 0.605. The van der Waals surface area contributed by atoms with E-state index >= 15 is 0 Å². The predicted octanol–water partition coefficient (Wildman–Crippen LogP) is 0.512. The summed E-state index contributed by atoms with van der Waals surface area (Å²) in [7, 11) is 1.30. The van der Waals surface area contributed by atoms with Crippen LogP contribution in [-0.4, -0.2) is 17.5 Å². The van der Waals surface area contributed by atoms with Gasteiger partial charge in [0.15, 0.2) is 5.69 Å². The van der Waals surface area contributed by atoms with Crippen molar-refractivity contribution in [2.24, 2.45) is 0 Å². The number of hydrogen-bond acceptors (Lipinski definition) is 5. The Morgan fingerprint density at radius 2 is 2.60 bits per heavy atom. The minimum absolute atomic E-state index is 0.269. The molecular formula is C5H6N2O2S. The smallest absolute Gasteiger partial charge is 0.357 e. The molecular weight excluding hydrogens is 152 g/mol. The van der Waals surface area contributed by atoms with Gasteiger partial charge in [-0.3, -0.25) is 0 Å². The summed E-state index contributed by atoms with van der Waals surface area (Å²) >= 11 is 1.08. The van der Waals surface area contributed by atoms with E-state index in [0.29, 0.717) is 5.00 Å².